The first-order chi connectivity index (χ1) is 9.88. The monoisotopic (exact) mass is 329 g/mol. The molecule has 0 fully saturated rings. The molecule has 1 rings (SSSR count). The largest absolute Gasteiger partial charge is 0.344 e. The highest BCUT2D eigenvalue weighted by atomic mass is 32.2. The maximum atomic E-state index is 11.5. The molecule has 1 aromatic rings. The van der Waals surface area contributed by atoms with E-state index in [1.165, 1.54) is 38.2 Å². The molecule has 5 heteroatoms. The Labute approximate surface area is 135 Å². The summed E-state index contributed by atoms with van der Waals surface area (Å²) in [5.41, 5.74) is 2.84. The van der Waals surface area contributed by atoms with Crippen LogP contribution in [0, 0.1) is 13.8 Å². The molecule has 0 spiro atoms. The molecule has 0 aliphatic heterocycles. The first-order valence-corrected chi connectivity index (χ1v) is 9.38. The number of unbranched alkanes of at least 4 members (excludes halogenated alkanes) is 6. The molecule has 0 unspecified atom stereocenters. The summed E-state index contributed by atoms with van der Waals surface area (Å²) in [6.07, 6.45) is 9.09. The Morgan fingerprint density at radius 3 is 2.05 bits per heavy atom. The summed E-state index contributed by atoms with van der Waals surface area (Å²) in [5.74, 6) is 0. The Morgan fingerprint density at radius 2 is 1.50 bits per heavy atom. The van der Waals surface area contributed by atoms with E-state index in [-0.39, 0.29) is 11.0 Å². The van der Waals surface area contributed by atoms with E-state index in [2.05, 4.69) is 6.92 Å². The number of aryl methyl sites for hydroxylation is 1. The van der Waals surface area contributed by atoms with Gasteiger partial charge in [-0.15, -0.1) is 0 Å². The lowest BCUT2D eigenvalue weighted by Gasteiger charge is -2.13. The van der Waals surface area contributed by atoms with Gasteiger partial charge in [-0.1, -0.05) is 51.5 Å². The van der Waals surface area contributed by atoms with E-state index in [9.17, 15) is 13.0 Å². The van der Waals surface area contributed by atoms with Gasteiger partial charge in [0, 0.05) is 0 Å². The maximum Gasteiger partial charge on any atom is 0.294 e. The molecule has 0 saturated heterocycles. The Morgan fingerprint density at radius 1 is 0.955 bits per heavy atom. The summed E-state index contributed by atoms with van der Waals surface area (Å²) in [4.78, 5) is 0.0802. The van der Waals surface area contributed by atoms with E-state index >= 15 is 0 Å². The molecule has 4 N–H and O–H groups in total. The molecule has 4 nitrogen and oxygen atoms in total. The highest BCUT2D eigenvalue weighted by Crippen LogP contribution is 2.24. The normalized spacial score (nSPS) is 11.3. The minimum atomic E-state index is -4.13. The Kier molecular flexibility index (Phi) is 9.56. The molecule has 0 radical (unpaired) electrons. The van der Waals surface area contributed by atoms with Gasteiger partial charge in [0.05, 0.1) is 4.90 Å². The van der Waals surface area contributed by atoms with Gasteiger partial charge in [-0.25, -0.2) is 0 Å². The predicted molar refractivity (Wildman–Crippen MR) is 92.4 cm³/mol. The summed E-state index contributed by atoms with van der Waals surface area (Å²) >= 11 is 0. The van der Waals surface area contributed by atoms with Gasteiger partial charge in [0.1, 0.15) is 0 Å². The van der Waals surface area contributed by atoms with Crippen LogP contribution in [0.3, 0.4) is 0 Å². The van der Waals surface area contributed by atoms with Gasteiger partial charge in [-0.05, 0) is 49.4 Å². The van der Waals surface area contributed by atoms with E-state index < -0.39 is 10.1 Å². The third-order valence-electron chi connectivity index (χ3n) is 4.13. The van der Waals surface area contributed by atoms with Gasteiger partial charge in [0.2, 0.25) is 0 Å². The van der Waals surface area contributed by atoms with Crippen molar-refractivity contribution < 1.29 is 13.0 Å². The lowest BCUT2D eigenvalue weighted by molar-refractivity contribution is 0.481. The van der Waals surface area contributed by atoms with Crippen LogP contribution < -0.4 is 6.15 Å². The number of hydrogen-bond donors (Lipinski definition) is 2. The zero-order valence-corrected chi connectivity index (χ0v) is 15.0. The van der Waals surface area contributed by atoms with Gasteiger partial charge in [0.25, 0.3) is 10.1 Å². The molecule has 0 aliphatic carbocycles. The first kappa shape index (κ1) is 21.1. The van der Waals surface area contributed by atoms with E-state index in [1.807, 2.05) is 13.8 Å². The summed E-state index contributed by atoms with van der Waals surface area (Å²) in [5, 5.41) is 0. The SMILES string of the molecule is CCCCCCCCCc1c(S(=O)(=O)O)ccc(C)c1C.N. The molecule has 0 amide bonds. The van der Waals surface area contributed by atoms with E-state index in [1.54, 1.807) is 6.07 Å². The predicted octanol–water partition coefficient (Wildman–Crippen LogP) is 5.01. The molecule has 128 valence electrons. The molecule has 22 heavy (non-hydrogen) atoms. The number of rotatable bonds is 9. The topological polar surface area (TPSA) is 89.4 Å². The van der Waals surface area contributed by atoms with Gasteiger partial charge in [0.15, 0.2) is 0 Å². The molecular weight excluding hydrogens is 298 g/mol. The summed E-state index contributed by atoms with van der Waals surface area (Å²) in [6, 6.07) is 3.28. The van der Waals surface area contributed by atoms with Crippen molar-refractivity contribution in [2.24, 2.45) is 0 Å². The molecule has 0 heterocycles. The van der Waals surface area contributed by atoms with Gasteiger partial charge in [-0.3, -0.25) is 4.55 Å². The van der Waals surface area contributed by atoms with E-state index in [0.717, 1.165) is 36.0 Å². The van der Waals surface area contributed by atoms with Crippen molar-refractivity contribution in [3.63, 3.8) is 0 Å². The van der Waals surface area contributed by atoms with E-state index in [4.69, 9.17) is 0 Å². The molecule has 0 saturated carbocycles. The zero-order valence-electron chi connectivity index (χ0n) is 14.2. The Bertz CT molecular complexity index is 553. The van der Waals surface area contributed by atoms with Crippen molar-refractivity contribution in [2.75, 3.05) is 0 Å². The van der Waals surface area contributed by atoms with Crippen LogP contribution in [0.2, 0.25) is 0 Å². The third kappa shape index (κ3) is 6.46. The van der Waals surface area contributed by atoms with Crippen LogP contribution in [0.1, 0.15) is 68.6 Å². The summed E-state index contributed by atoms with van der Waals surface area (Å²) in [6.45, 7) is 6.11. The number of benzene rings is 1. The second-order valence-electron chi connectivity index (χ2n) is 5.83. The third-order valence-corrected chi connectivity index (χ3v) is 5.07. The van der Waals surface area contributed by atoms with Gasteiger partial charge in [-0.2, -0.15) is 8.42 Å². The fourth-order valence-electron chi connectivity index (χ4n) is 2.66. The summed E-state index contributed by atoms with van der Waals surface area (Å²) in [7, 11) is -4.13. The van der Waals surface area contributed by atoms with Gasteiger partial charge < -0.3 is 6.15 Å². The van der Waals surface area contributed by atoms with E-state index in [0.29, 0.717) is 0 Å². The fourth-order valence-corrected chi connectivity index (χ4v) is 3.47. The van der Waals surface area contributed by atoms with Crippen LogP contribution in [0.5, 0.6) is 0 Å². The van der Waals surface area contributed by atoms with Crippen molar-refractivity contribution in [1.82, 2.24) is 6.15 Å². The molecule has 0 aromatic heterocycles. The second-order valence-corrected chi connectivity index (χ2v) is 7.22. The number of hydrogen-bond acceptors (Lipinski definition) is 3. The van der Waals surface area contributed by atoms with Crippen molar-refractivity contribution in [3.05, 3.63) is 28.8 Å². The van der Waals surface area contributed by atoms with Crippen LogP contribution in [-0.2, 0) is 16.5 Å². The van der Waals surface area contributed by atoms with Crippen molar-refractivity contribution in [3.8, 4) is 0 Å². The van der Waals surface area contributed by atoms with Crippen LogP contribution in [0.25, 0.3) is 0 Å². The van der Waals surface area contributed by atoms with Gasteiger partial charge >= 0.3 is 0 Å². The lowest BCUT2D eigenvalue weighted by atomic mass is 9.98. The smallest absolute Gasteiger partial charge is 0.294 e. The molecular formula is C17H31NO3S. The lowest BCUT2D eigenvalue weighted by Crippen LogP contribution is -2.06. The standard InChI is InChI=1S/C17H28O3S.H3N/c1-4-5-6-7-8-9-10-11-16-15(3)14(2)12-13-17(16)21(18,19)20;/h12-13H,4-11H2,1-3H3,(H,18,19,20);1H3. The minimum Gasteiger partial charge on any atom is -0.344 e. The molecule has 1 aromatic carbocycles. The van der Waals surface area contributed by atoms with Crippen molar-refractivity contribution >= 4 is 10.1 Å². The highest BCUT2D eigenvalue weighted by Gasteiger charge is 2.17. The highest BCUT2D eigenvalue weighted by molar-refractivity contribution is 7.85. The van der Waals surface area contributed by atoms with Crippen molar-refractivity contribution in [1.29, 1.82) is 0 Å². The zero-order chi connectivity index (χ0) is 15.9. The minimum absolute atomic E-state index is 0. The average Bonchev–Trinajstić information content (AvgIpc) is 2.41. The quantitative estimate of drug-likeness (QED) is 0.492. The molecule has 0 atom stereocenters. The fraction of sp³-hybridized carbons (Fsp3) is 0.647. The first-order valence-electron chi connectivity index (χ1n) is 7.94. The Balaban J connectivity index is 0.00000441. The molecule has 0 aliphatic rings. The molecule has 0 bridgehead atoms. The van der Waals surface area contributed by atoms with Crippen LogP contribution in [0.4, 0.5) is 0 Å². The van der Waals surface area contributed by atoms with Crippen LogP contribution >= 0.6 is 0 Å². The summed E-state index contributed by atoms with van der Waals surface area (Å²) < 4.78 is 32.3. The van der Waals surface area contributed by atoms with Crippen LogP contribution in [0.15, 0.2) is 17.0 Å². The maximum absolute atomic E-state index is 11.5. The average molecular weight is 330 g/mol. The Hall–Kier alpha value is -0.910. The second kappa shape index (κ2) is 9.98. The van der Waals surface area contributed by atoms with Crippen LogP contribution in [-0.4, -0.2) is 13.0 Å². The van der Waals surface area contributed by atoms with Crippen molar-refractivity contribution in [2.45, 2.75) is 77.0 Å².